The van der Waals surface area contributed by atoms with E-state index in [1.54, 1.807) is 43.3 Å². The van der Waals surface area contributed by atoms with Crippen LogP contribution in [0.1, 0.15) is 40.2 Å². The van der Waals surface area contributed by atoms with E-state index in [2.05, 4.69) is 10.2 Å². The van der Waals surface area contributed by atoms with E-state index in [9.17, 15) is 14.7 Å². The van der Waals surface area contributed by atoms with E-state index in [1.165, 1.54) is 23.3 Å². The molecule has 1 saturated heterocycles. The Morgan fingerprint density at radius 1 is 1.07 bits per heavy atom. The summed E-state index contributed by atoms with van der Waals surface area (Å²) in [6.07, 6.45) is 0.698. The van der Waals surface area contributed by atoms with Gasteiger partial charge in [-0.1, -0.05) is 47.7 Å². The van der Waals surface area contributed by atoms with Crippen LogP contribution in [0.25, 0.3) is 5.76 Å². The summed E-state index contributed by atoms with van der Waals surface area (Å²) in [7, 11) is 1.52. The first-order valence-corrected chi connectivity index (χ1v) is 13.9. The number of aliphatic hydroxyl groups excluding tert-OH is 1. The SMILES string of the molecule is COc1cc([C@H]2/C(=C(\O)c3ccc4c(c3)C[C@H](C)O4)C(=O)C(=O)N2c2nnc(C)s2)ccc1OCc1ccccc1. The van der Waals surface area contributed by atoms with Gasteiger partial charge in [0.1, 0.15) is 29.2 Å². The molecule has 9 nitrogen and oxygen atoms in total. The number of rotatable bonds is 7. The minimum absolute atomic E-state index is 0.0173. The van der Waals surface area contributed by atoms with Crippen LogP contribution in [0.2, 0.25) is 0 Å². The second-order valence-corrected chi connectivity index (χ2v) is 11.1. The minimum atomic E-state index is -0.970. The smallest absolute Gasteiger partial charge is 0.301 e. The van der Waals surface area contributed by atoms with Gasteiger partial charge in [-0.25, -0.2) is 0 Å². The summed E-state index contributed by atoms with van der Waals surface area (Å²) in [5.74, 6) is -0.227. The molecular weight excluding hydrogens is 542 g/mol. The minimum Gasteiger partial charge on any atom is -0.507 e. The van der Waals surface area contributed by atoms with Gasteiger partial charge in [0.2, 0.25) is 5.13 Å². The Morgan fingerprint density at radius 3 is 2.61 bits per heavy atom. The fraction of sp³-hybridized carbons (Fsp3) is 0.226. The van der Waals surface area contributed by atoms with Gasteiger partial charge in [0.25, 0.3) is 5.78 Å². The standard InChI is InChI=1S/C31H27N3O6S/c1-17-13-22-14-21(10-11-23(22)40-17)28(35)26-27(34(30(37)29(26)36)31-33-32-18(2)41-31)20-9-12-24(25(15-20)38-3)39-16-19-7-5-4-6-8-19/h4-12,14-15,17,27,35H,13,16H2,1-3H3/b28-26+/t17-,27-/m0/s1. The number of hydrogen-bond acceptors (Lipinski definition) is 9. The van der Waals surface area contributed by atoms with Gasteiger partial charge in [-0.15, -0.1) is 10.2 Å². The molecule has 1 amide bonds. The molecule has 4 aromatic rings. The molecule has 3 heterocycles. The fourth-order valence-corrected chi connectivity index (χ4v) is 5.88. The summed E-state index contributed by atoms with van der Waals surface area (Å²) < 4.78 is 17.5. The van der Waals surface area contributed by atoms with E-state index in [1.807, 2.05) is 37.3 Å². The predicted octanol–water partition coefficient (Wildman–Crippen LogP) is 5.38. The van der Waals surface area contributed by atoms with Crippen LogP contribution in [0.4, 0.5) is 5.13 Å². The average molecular weight is 570 g/mol. The zero-order valence-electron chi connectivity index (χ0n) is 22.7. The van der Waals surface area contributed by atoms with Crippen molar-refractivity contribution >= 4 is 33.9 Å². The molecule has 2 atom stereocenters. The molecule has 3 aromatic carbocycles. The number of Topliss-reactive ketones (excluding diaryl/α,β-unsaturated/α-hetero) is 1. The van der Waals surface area contributed by atoms with E-state index in [4.69, 9.17) is 14.2 Å². The zero-order chi connectivity index (χ0) is 28.7. The molecule has 0 radical (unpaired) electrons. The molecule has 0 saturated carbocycles. The number of carbonyl (C=O) groups is 2. The molecule has 41 heavy (non-hydrogen) atoms. The maximum atomic E-state index is 13.5. The van der Waals surface area contributed by atoms with Crippen molar-refractivity contribution in [3.63, 3.8) is 0 Å². The lowest BCUT2D eigenvalue weighted by Crippen LogP contribution is -2.29. The molecule has 0 unspecified atom stereocenters. The van der Waals surface area contributed by atoms with Gasteiger partial charge in [0, 0.05) is 12.0 Å². The molecule has 0 spiro atoms. The number of methoxy groups -OCH3 is 1. The Labute approximate surface area is 240 Å². The van der Waals surface area contributed by atoms with Gasteiger partial charge >= 0.3 is 5.91 Å². The molecule has 10 heteroatoms. The van der Waals surface area contributed by atoms with Crippen molar-refractivity contribution < 1.29 is 28.9 Å². The molecule has 1 aromatic heterocycles. The number of ketones is 1. The Bertz CT molecular complexity index is 1680. The summed E-state index contributed by atoms with van der Waals surface area (Å²) in [5.41, 5.74) is 2.84. The number of nitrogens with zero attached hydrogens (tertiary/aromatic N) is 3. The largest absolute Gasteiger partial charge is 0.507 e. The summed E-state index contributed by atoms with van der Waals surface area (Å²) in [6, 6.07) is 19.2. The Hall–Kier alpha value is -4.70. The number of carbonyl (C=O) groups excluding carboxylic acids is 2. The molecular formula is C31H27N3O6S. The van der Waals surface area contributed by atoms with Crippen molar-refractivity contribution in [3.8, 4) is 17.2 Å². The van der Waals surface area contributed by atoms with Gasteiger partial charge in [-0.2, -0.15) is 0 Å². The van der Waals surface area contributed by atoms with Crippen LogP contribution in [0.5, 0.6) is 17.2 Å². The summed E-state index contributed by atoms with van der Waals surface area (Å²) in [5, 5.41) is 20.6. The lowest BCUT2D eigenvalue weighted by molar-refractivity contribution is -0.132. The number of benzene rings is 3. The maximum Gasteiger partial charge on any atom is 0.301 e. The Balaban J connectivity index is 1.44. The van der Waals surface area contributed by atoms with Gasteiger partial charge in [-0.05, 0) is 60.9 Å². The summed E-state index contributed by atoms with van der Waals surface area (Å²) >= 11 is 1.19. The van der Waals surface area contributed by atoms with E-state index in [-0.39, 0.29) is 22.6 Å². The highest BCUT2D eigenvalue weighted by atomic mass is 32.1. The van der Waals surface area contributed by atoms with Crippen molar-refractivity contribution in [3.05, 3.63) is 99.6 Å². The number of fused-ring (bicyclic) bond motifs is 1. The van der Waals surface area contributed by atoms with Crippen molar-refractivity contribution in [1.29, 1.82) is 0 Å². The first-order chi connectivity index (χ1) is 19.8. The van der Waals surface area contributed by atoms with Crippen LogP contribution in [-0.4, -0.2) is 40.2 Å². The van der Waals surface area contributed by atoms with Crippen molar-refractivity contribution in [2.75, 3.05) is 12.0 Å². The topological polar surface area (TPSA) is 111 Å². The van der Waals surface area contributed by atoms with Gasteiger partial charge in [-0.3, -0.25) is 14.5 Å². The highest BCUT2D eigenvalue weighted by Gasteiger charge is 2.48. The van der Waals surface area contributed by atoms with Gasteiger partial charge in [0.15, 0.2) is 11.5 Å². The number of amides is 1. The third-order valence-corrected chi connectivity index (χ3v) is 7.91. The van der Waals surface area contributed by atoms with Gasteiger partial charge in [0.05, 0.1) is 18.7 Å². The highest BCUT2D eigenvalue weighted by Crippen LogP contribution is 2.45. The van der Waals surface area contributed by atoms with Crippen LogP contribution < -0.4 is 19.1 Å². The van der Waals surface area contributed by atoms with Crippen LogP contribution in [0.3, 0.4) is 0 Å². The number of aromatic nitrogens is 2. The number of anilines is 1. The predicted molar refractivity (Wildman–Crippen MR) is 153 cm³/mol. The third-order valence-electron chi connectivity index (χ3n) is 7.08. The molecule has 6 rings (SSSR count). The second-order valence-electron chi connectivity index (χ2n) is 9.91. The molecule has 2 aliphatic rings. The number of ether oxygens (including phenoxy) is 3. The van der Waals surface area contributed by atoms with Crippen molar-refractivity contribution in [2.45, 2.75) is 39.0 Å². The Kier molecular flexibility index (Phi) is 6.92. The average Bonchev–Trinajstić information content (AvgIpc) is 3.65. The highest BCUT2D eigenvalue weighted by molar-refractivity contribution is 7.15. The van der Waals surface area contributed by atoms with E-state index < -0.39 is 17.7 Å². The molecule has 0 aliphatic carbocycles. The lowest BCUT2D eigenvalue weighted by Gasteiger charge is -2.23. The number of hydrogen-bond donors (Lipinski definition) is 1. The quantitative estimate of drug-likeness (QED) is 0.179. The molecule has 1 fully saturated rings. The van der Waals surface area contributed by atoms with E-state index in [0.29, 0.717) is 40.7 Å². The third kappa shape index (κ3) is 4.91. The van der Waals surface area contributed by atoms with Crippen molar-refractivity contribution in [1.82, 2.24) is 10.2 Å². The van der Waals surface area contributed by atoms with Gasteiger partial charge < -0.3 is 19.3 Å². The molecule has 0 bridgehead atoms. The monoisotopic (exact) mass is 569 g/mol. The van der Waals surface area contributed by atoms with E-state index >= 15 is 0 Å². The van der Waals surface area contributed by atoms with E-state index in [0.717, 1.165) is 16.9 Å². The van der Waals surface area contributed by atoms with Crippen LogP contribution >= 0.6 is 11.3 Å². The summed E-state index contributed by atoms with van der Waals surface area (Å²) in [4.78, 5) is 28.3. The fourth-order valence-electron chi connectivity index (χ4n) is 5.16. The zero-order valence-corrected chi connectivity index (χ0v) is 23.5. The normalized spacial score (nSPS) is 19.2. The second kappa shape index (κ2) is 10.7. The maximum absolute atomic E-state index is 13.5. The number of aliphatic hydroxyl groups is 1. The first kappa shape index (κ1) is 26.5. The van der Waals surface area contributed by atoms with Crippen LogP contribution in [0.15, 0.2) is 72.3 Å². The van der Waals surface area contributed by atoms with Crippen LogP contribution in [-0.2, 0) is 22.6 Å². The summed E-state index contributed by atoms with van der Waals surface area (Å²) in [6.45, 7) is 4.07. The molecule has 2 aliphatic heterocycles. The van der Waals surface area contributed by atoms with Crippen LogP contribution in [0, 0.1) is 6.92 Å². The molecule has 1 N–H and O–H groups in total. The van der Waals surface area contributed by atoms with Crippen molar-refractivity contribution in [2.24, 2.45) is 0 Å². The number of aryl methyl sites for hydroxylation is 1. The first-order valence-electron chi connectivity index (χ1n) is 13.1. The lowest BCUT2D eigenvalue weighted by atomic mass is 9.94. The molecule has 208 valence electrons. The Morgan fingerprint density at radius 2 is 1.88 bits per heavy atom.